The van der Waals surface area contributed by atoms with Crippen molar-refractivity contribution in [2.24, 2.45) is 7.05 Å². The molecule has 0 unspecified atom stereocenters. The Hall–Kier alpha value is -2.01. The first-order chi connectivity index (χ1) is 8.63. The number of nitrogens with zero attached hydrogens (tertiary/aromatic N) is 2. The molecule has 0 aliphatic carbocycles. The Morgan fingerprint density at radius 1 is 1.33 bits per heavy atom. The Morgan fingerprint density at radius 3 is 2.89 bits per heavy atom. The molecule has 2 aromatic heterocycles. The predicted octanol–water partition coefficient (Wildman–Crippen LogP) is 3.00. The number of carbonyl (C=O) groups excluding carboxylic acids is 1. The second-order valence-corrected chi connectivity index (χ2v) is 5.08. The first-order valence-electron chi connectivity index (χ1n) is 5.37. The molecule has 0 bridgehead atoms. The van der Waals surface area contributed by atoms with E-state index in [-0.39, 0.29) is 11.6 Å². The van der Waals surface area contributed by atoms with Crippen molar-refractivity contribution in [1.82, 2.24) is 9.78 Å². The highest BCUT2D eigenvalue weighted by atomic mass is 32.1. The number of carbonyl (C=O) groups is 1. The van der Waals surface area contributed by atoms with Crippen molar-refractivity contribution >= 4 is 27.2 Å². The second kappa shape index (κ2) is 4.03. The molecule has 0 aliphatic heterocycles. The summed E-state index contributed by atoms with van der Waals surface area (Å²) >= 11 is 1.28. The van der Waals surface area contributed by atoms with E-state index in [4.69, 9.17) is 0 Å². The zero-order valence-corrected chi connectivity index (χ0v) is 10.4. The molecule has 3 aromatic rings. The lowest BCUT2D eigenvalue weighted by Gasteiger charge is -1.90. The molecular formula is C13H9FN2OS. The molecule has 0 N–H and O–H groups in total. The fourth-order valence-corrected chi connectivity index (χ4v) is 2.82. The van der Waals surface area contributed by atoms with Gasteiger partial charge in [0.1, 0.15) is 11.5 Å². The lowest BCUT2D eigenvalue weighted by atomic mass is 10.2. The van der Waals surface area contributed by atoms with Crippen LogP contribution in [0.5, 0.6) is 0 Å². The summed E-state index contributed by atoms with van der Waals surface area (Å²) in [7, 11) is 1.76. The van der Waals surface area contributed by atoms with Crippen molar-refractivity contribution in [3.63, 3.8) is 0 Å². The molecule has 0 radical (unpaired) electrons. The number of ketones is 1. The van der Waals surface area contributed by atoms with Crippen LogP contribution in [0.25, 0.3) is 10.1 Å². The van der Waals surface area contributed by atoms with Gasteiger partial charge in [-0.25, -0.2) is 4.39 Å². The lowest BCUT2D eigenvalue weighted by molar-refractivity contribution is 0.103. The highest BCUT2D eigenvalue weighted by Gasteiger charge is 2.15. The number of fused-ring (bicyclic) bond motifs is 1. The van der Waals surface area contributed by atoms with Crippen LogP contribution < -0.4 is 0 Å². The molecule has 1 aromatic carbocycles. The van der Waals surface area contributed by atoms with Crippen LogP contribution in [-0.2, 0) is 7.05 Å². The Balaban J connectivity index is 2.06. The van der Waals surface area contributed by atoms with E-state index in [2.05, 4.69) is 5.10 Å². The van der Waals surface area contributed by atoms with Gasteiger partial charge in [-0.3, -0.25) is 9.48 Å². The molecule has 0 atom stereocenters. The van der Waals surface area contributed by atoms with Crippen molar-refractivity contribution in [3.05, 3.63) is 52.9 Å². The van der Waals surface area contributed by atoms with Gasteiger partial charge in [-0.05, 0) is 29.7 Å². The standard InChI is InChI=1S/C13H9FN2OS/c1-16-5-4-10(15-16)13(17)12-6-8-2-3-9(14)7-11(8)18-12/h2-7H,1H3. The summed E-state index contributed by atoms with van der Waals surface area (Å²) in [4.78, 5) is 12.7. The molecule has 0 aliphatic rings. The normalized spacial score (nSPS) is 11.0. The Morgan fingerprint density at radius 2 is 2.17 bits per heavy atom. The van der Waals surface area contributed by atoms with Gasteiger partial charge in [0, 0.05) is 17.9 Å². The summed E-state index contributed by atoms with van der Waals surface area (Å²) in [5, 5.41) is 4.95. The summed E-state index contributed by atoms with van der Waals surface area (Å²) in [6.07, 6.45) is 1.72. The third-order valence-electron chi connectivity index (χ3n) is 2.65. The average Bonchev–Trinajstić information content (AvgIpc) is 2.93. The van der Waals surface area contributed by atoms with E-state index in [9.17, 15) is 9.18 Å². The van der Waals surface area contributed by atoms with Crippen LogP contribution in [0, 0.1) is 5.82 Å². The molecule has 0 saturated heterocycles. The van der Waals surface area contributed by atoms with E-state index in [1.807, 2.05) is 0 Å². The van der Waals surface area contributed by atoms with Crippen LogP contribution >= 0.6 is 11.3 Å². The first kappa shape index (κ1) is 11.1. The van der Waals surface area contributed by atoms with Crippen molar-refractivity contribution < 1.29 is 9.18 Å². The quantitative estimate of drug-likeness (QED) is 0.664. The van der Waals surface area contributed by atoms with Gasteiger partial charge in [-0.1, -0.05) is 6.07 Å². The molecule has 18 heavy (non-hydrogen) atoms. The van der Waals surface area contributed by atoms with Gasteiger partial charge < -0.3 is 0 Å². The van der Waals surface area contributed by atoms with Crippen LogP contribution in [0.4, 0.5) is 4.39 Å². The maximum absolute atomic E-state index is 13.1. The third kappa shape index (κ3) is 1.82. The fourth-order valence-electron chi connectivity index (χ4n) is 1.78. The van der Waals surface area contributed by atoms with Gasteiger partial charge in [0.05, 0.1) is 4.88 Å². The predicted molar refractivity (Wildman–Crippen MR) is 68.4 cm³/mol. The molecule has 0 fully saturated rings. The first-order valence-corrected chi connectivity index (χ1v) is 6.18. The molecule has 3 rings (SSSR count). The molecule has 90 valence electrons. The Labute approximate surface area is 106 Å². The van der Waals surface area contributed by atoms with Gasteiger partial charge in [-0.2, -0.15) is 5.10 Å². The SMILES string of the molecule is Cn1ccc(C(=O)c2cc3ccc(F)cc3s2)n1. The van der Waals surface area contributed by atoms with Gasteiger partial charge in [0.15, 0.2) is 0 Å². The van der Waals surface area contributed by atoms with E-state index >= 15 is 0 Å². The van der Waals surface area contributed by atoms with Crippen LogP contribution in [0.2, 0.25) is 0 Å². The maximum Gasteiger partial charge on any atom is 0.223 e. The minimum atomic E-state index is -0.291. The Kier molecular flexibility index (Phi) is 2.48. The summed E-state index contributed by atoms with van der Waals surface area (Å²) in [5.74, 6) is -0.418. The van der Waals surface area contributed by atoms with Gasteiger partial charge >= 0.3 is 0 Å². The van der Waals surface area contributed by atoms with Crippen LogP contribution in [0.3, 0.4) is 0 Å². The van der Waals surface area contributed by atoms with E-state index in [0.29, 0.717) is 10.6 Å². The number of rotatable bonds is 2. The van der Waals surface area contributed by atoms with Gasteiger partial charge in [0.2, 0.25) is 5.78 Å². The molecule has 0 spiro atoms. The van der Waals surface area contributed by atoms with Crippen molar-refractivity contribution in [2.75, 3.05) is 0 Å². The molecular weight excluding hydrogens is 251 g/mol. The van der Waals surface area contributed by atoms with Crippen molar-refractivity contribution in [3.8, 4) is 0 Å². The summed E-state index contributed by atoms with van der Waals surface area (Å²) < 4.78 is 15.4. The van der Waals surface area contributed by atoms with E-state index in [0.717, 1.165) is 10.1 Å². The molecule has 3 nitrogen and oxygen atoms in total. The van der Waals surface area contributed by atoms with E-state index < -0.39 is 0 Å². The van der Waals surface area contributed by atoms with E-state index in [1.165, 1.54) is 23.5 Å². The van der Waals surface area contributed by atoms with Gasteiger partial charge in [0.25, 0.3) is 0 Å². The molecule has 0 saturated carbocycles. The minimum Gasteiger partial charge on any atom is -0.286 e. The number of aryl methyl sites for hydroxylation is 1. The monoisotopic (exact) mass is 260 g/mol. The van der Waals surface area contributed by atoms with Crippen LogP contribution in [0.1, 0.15) is 15.4 Å². The van der Waals surface area contributed by atoms with Crippen LogP contribution in [0.15, 0.2) is 36.5 Å². The van der Waals surface area contributed by atoms with Crippen molar-refractivity contribution in [2.45, 2.75) is 0 Å². The van der Waals surface area contributed by atoms with Gasteiger partial charge in [-0.15, -0.1) is 11.3 Å². The number of aromatic nitrogens is 2. The maximum atomic E-state index is 13.1. The average molecular weight is 260 g/mol. The highest BCUT2D eigenvalue weighted by Crippen LogP contribution is 2.27. The smallest absolute Gasteiger partial charge is 0.223 e. The topological polar surface area (TPSA) is 34.9 Å². The number of benzene rings is 1. The van der Waals surface area contributed by atoms with Crippen molar-refractivity contribution in [1.29, 1.82) is 0 Å². The summed E-state index contributed by atoms with van der Waals surface area (Å²) in [6, 6.07) is 7.96. The van der Waals surface area contributed by atoms with Crippen LogP contribution in [-0.4, -0.2) is 15.6 Å². The Bertz CT molecular complexity index is 744. The number of thiophene rings is 1. The largest absolute Gasteiger partial charge is 0.286 e. The fraction of sp³-hybridized carbons (Fsp3) is 0.0769. The third-order valence-corrected chi connectivity index (χ3v) is 3.75. The zero-order valence-electron chi connectivity index (χ0n) is 9.55. The lowest BCUT2D eigenvalue weighted by Crippen LogP contribution is -2.00. The molecule has 0 amide bonds. The zero-order chi connectivity index (χ0) is 12.7. The highest BCUT2D eigenvalue weighted by molar-refractivity contribution is 7.21. The number of halogens is 1. The summed E-state index contributed by atoms with van der Waals surface area (Å²) in [6.45, 7) is 0. The molecule has 2 heterocycles. The number of hydrogen-bond donors (Lipinski definition) is 0. The minimum absolute atomic E-state index is 0.128. The second-order valence-electron chi connectivity index (χ2n) is 4.00. The summed E-state index contributed by atoms with van der Waals surface area (Å²) in [5.41, 5.74) is 0.407. The van der Waals surface area contributed by atoms with E-state index in [1.54, 1.807) is 36.1 Å². The molecule has 5 heteroatoms. The number of hydrogen-bond acceptors (Lipinski definition) is 3.